The number of aromatic hydroxyl groups is 1. The fourth-order valence-corrected chi connectivity index (χ4v) is 4.69. The molecular formula is C23H26F2N4O5. The second kappa shape index (κ2) is 9.05. The summed E-state index contributed by atoms with van der Waals surface area (Å²) in [6.07, 6.45) is 2.23. The van der Waals surface area contributed by atoms with Crippen LogP contribution in [-0.2, 0) is 11.3 Å². The summed E-state index contributed by atoms with van der Waals surface area (Å²) >= 11 is 0. The summed E-state index contributed by atoms with van der Waals surface area (Å²) in [4.78, 5) is 40.6. The Kier molecular flexibility index (Phi) is 6.30. The number of hydrogen-bond acceptors (Lipinski definition) is 6. The number of methoxy groups -OCH3 is 1. The molecule has 0 aliphatic carbocycles. The Morgan fingerprint density at radius 1 is 1.26 bits per heavy atom. The summed E-state index contributed by atoms with van der Waals surface area (Å²) in [5, 5.41) is 15.0. The SMILES string of the molecule is COC[C@@H]1CC[C@H]2N(C(C)C)C(=O)c3c(O)c(=O)c(C(=O)NCc4ccc(F)cc4F)cn3N12. The molecule has 1 aromatic carbocycles. The van der Waals surface area contributed by atoms with E-state index in [4.69, 9.17) is 4.74 Å². The van der Waals surface area contributed by atoms with Crippen molar-refractivity contribution in [2.75, 3.05) is 18.7 Å². The number of carbonyl (C=O) groups is 2. The smallest absolute Gasteiger partial charge is 0.278 e. The molecule has 34 heavy (non-hydrogen) atoms. The first-order chi connectivity index (χ1) is 16.1. The van der Waals surface area contributed by atoms with Gasteiger partial charge in [0.1, 0.15) is 23.4 Å². The van der Waals surface area contributed by atoms with Gasteiger partial charge in [-0.2, -0.15) is 0 Å². The molecular weight excluding hydrogens is 450 g/mol. The maximum Gasteiger partial charge on any atom is 0.278 e. The highest BCUT2D eigenvalue weighted by Gasteiger charge is 2.47. The van der Waals surface area contributed by atoms with E-state index < -0.39 is 40.2 Å². The predicted octanol–water partition coefficient (Wildman–Crippen LogP) is 1.70. The molecule has 1 saturated heterocycles. The lowest BCUT2D eigenvalue weighted by Crippen LogP contribution is -2.63. The number of hydrogen-bond donors (Lipinski definition) is 2. The minimum Gasteiger partial charge on any atom is -0.502 e. The van der Waals surface area contributed by atoms with E-state index in [0.717, 1.165) is 6.07 Å². The highest BCUT2D eigenvalue weighted by atomic mass is 19.1. The van der Waals surface area contributed by atoms with Gasteiger partial charge in [0.2, 0.25) is 5.43 Å². The van der Waals surface area contributed by atoms with Crippen LogP contribution in [0, 0.1) is 11.6 Å². The van der Waals surface area contributed by atoms with Gasteiger partial charge in [0.05, 0.1) is 12.6 Å². The molecule has 2 atom stereocenters. The third kappa shape index (κ3) is 3.89. The number of fused-ring (bicyclic) bond motifs is 3. The maximum absolute atomic E-state index is 13.9. The number of nitrogens with zero attached hydrogens (tertiary/aromatic N) is 3. The van der Waals surface area contributed by atoms with Gasteiger partial charge in [-0.3, -0.25) is 24.1 Å². The topological polar surface area (TPSA) is 104 Å². The number of halogens is 2. The zero-order valence-electron chi connectivity index (χ0n) is 19.0. The van der Waals surface area contributed by atoms with Gasteiger partial charge < -0.3 is 20.1 Å². The van der Waals surface area contributed by atoms with Crippen molar-refractivity contribution in [2.45, 2.75) is 51.5 Å². The third-order valence-corrected chi connectivity index (χ3v) is 6.22. The molecule has 11 heteroatoms. The molecule has 3 heterocycles. The first-order valence-electron chi connectivity index (χ1n) is 11.0. The van der Waals surface area contributed by atoms with E-state index in [-0.39, 0.29) is 36.1 Å². The Morgan fingerprint density at radius 3 is 2.65 bits per heavy atom. The van der Waals surface area contributed by atoms with Crippen LogP contribution in [0.4, 0.5) is 8.78 Å². The molecule has 1 aromatic heterocycles. The maximum atomic E-state index is 13.9. The number of ether oxygens (including phenoxy) is 1. The fourth-order valence-electron chi connectivity index (χ4n) is 4.69. The van der Waals surface area contributed by atoms with Crippen LogP contribution < -0.4 is 15.8 Å². The van der Waals surface area contributed by atoms with E-state index in [1.807, 2.05) is 18.9 Å². The molecule has 0 radical (unpaired) electrons. The van der Waals surface area contributed by atoms with Crippen LogP contribution in [-0.4, -0.2) is 58.5 Å². The lowest BCUT2D eigenvalue weighted by molar-refractivity contribution is 0.0491. The molecule has 182 valence electrons. The van der Waals surface area contributed by atoms with Crippen LogP contribution in [0.25, 0.3) is 0 Å². The summed E-state index contributed by atoms with van der Waals surface area (Å²) < 4.78 is 33.7. The zero-order valence-corrected chi connectivity index (χ0v) is 19.0. The number of nitrogens with one attached hydrogen (secondary N) is 1. The Balaban J connectivity index is 1.74. The van der Waals surface area contributed by atoms with Gasteiger partial charge in [-0.15, -0.1) is 0 Å². The molecule has 9 nitrogen and oxygen atoms in total. The van der Waals surface area contributed by atoms with Crippen molar-refractivity contribution in [3.63, 3.8) is 0 Å². The van der Waals surface area contributed by atoms with Crippen LogP contribution in [0.2, 0.25) is 0 Å². The summed E-state index contributed by atoms with van der Waals surface area (Å²) in [5.74, 6) is -3.80. The number of amides is 2. The predicted molar refractivity (Wildman–Crippen MR) is 118 cm³/mol. The van der Waals surface area contributed by atoms with Gasteiger partial charge >= 0.3 is 0 Å². The average molecular weight is 476 g/mol. The van der Waals surface area contributed by atoms with Crippen LogP contribution in [0.15, 0.2) is 29.2 Å². The molecule has 4 rings (SSSR count). The Labute approximate surface area is 194 Å². The van der Waals surface area contributed by atoms with Crippen molar-refractivity contribution >= 4 is 11.8 Å². The van der Waals surface area contributed by atoms with Gasteiger partial charge in [-0.25, -0.2) is 8.78 Å². The standard InChI is InChI=1S/C23H26F2N4O5/c1-12(2)28-18-7-6-15(11-34-3)29(18)27-10-16(20(30)21(31)19(27)23(28)33)22(32)26-9-13-4-5-14(24)8-17(13)25/h4-5,8,10,12,15,18,31H,6-7,9,11H2,1-3H3,(H,26,32)/t15-,18-/m0/s1. The Hall–Kier alpha value is -3.47. The molecule has 2 aromatic rings. The van der Waals surface area contributed by atoms with Crippen molar-refractivity contribution in [1.82, 2.24) is 14.9 Å². The molecule has 1 fully saturated rings. The quantitative estimate of drug-likeness (QED) is 0.658. The molecule has 0 bridgehead atoms. The monoisotopic (exact) mass is 476 g/mol. The minimum absolute atomic E-state index is 0.0274. The zero-order chi connectivity index (χ0) is 24.7. The number of benzene rings is 1. The van der Waals surface area contributed by atoms with Crippen molar-refractivity contribution in [1.29, 1.82) is 0 Å². The number of aromatic nitrogens is 1. The fraction of sp³-hybridized carbons (Fsp3) is 0.435. The van der Waals surface area contributed by atoms with Gasteiger partial charge in [0, 0.05) is 37.5 Å². The van der Waals surface area contributed by atoms with E-state index >= 15 is 0 Å². The van der Waals surface area contributed by atoms with E-state index in [2.05, 4.69) is 5.32 Å². The van der Waals surface area contributed by atoms with Crippen molar-refractivity contribution in [3.8, 4) is 5.75 Å². The van der Waals surface area contributed by atoms with E-state index in [1.165, 1.54) is 16.9 Å². The summed E-state index contributed by atoms with van der Waals surface area (Å²) in [6.45, 7) is 3.74. The van der Waals surface area contributed by atoms with Gasteiger partial charge in [-0.05, 0) is 32.8 Å². The minimum atomic E-state index is -1.01. The van der Waals surface area contributed by atoms with Crippen LogP contribution in [0.3, 0.4) is 0 Å². The highest BCUT2D eigenvalue weighted by Crippen LogP contribution is 2.34. The van der Waals surface area contributed by atoms with Gasteiger partial charge in [0.15, 0.2) is 11.4 Å². The van der Waals surface area contributed by atoms with Crippen molar-refractivity contribution in [2.24, 2.45) is 0 Å². The molecule has 0 saturated carbocycles. The van der Waals surface area contributed by atoms with Crippen LogP contribution in [0.1, 0.15) is 53.1 Å². The van der Waals surface area contributed by atoms with Gasteiger partial charge in [0.25, 0.3) is 11.8 Å². The van der Waals surface area contributed by atoms with E-state index in [1.54, 1.807) is 12.0 Å². The van der Waals surface area contributed by atoms with Crippen molar-refractivity contribution in [3.05, 3.63) is 63.1 Å². The number of pyridine rings is 1. The van der Waals surface area contributed by atoms with E-state index in [9.17, 15) is 28.3 Å². The molecule has 2 aliphatic heterocycles. The number of rotatable bonds is 6. The normalized spacial score (nSPS) is 19.4. The molecule has 0 spiro atoms. The van der Waals surface area contributed by atoms with Crippen molar-refractivity contribution < 1.29 is 28.2 Å². The lowest BCUT2D eigenvalue weighted by Gasteiger charge is -2.46. The average Bonchev–Trinajstić information content (AvgIpc) is 3.18. The number of carbonyl (C=O) groups excluding carboxylic acids is 2. The van der Waals surface area contributed by atoms with E-state index in [0.29, 0.717) is 25.5 Å². The largest absolute Gasteiger partial charge is 0.502 e. The third-order valence-electron chi connectivity index (χ3n) is 6.22. The summed E-state index contributed by atoms with van der Waals surface area (Å²) in [5.41, 5.74) is -1.61. The van der Waals surface area contributed by atoms with Crippen LogP contribution in [0.5, 0.6) is 5.75 Å². The first kappa shape index (κ1) is 23.7. The summed E-state index contributed by atoms with van der Waals surface area (Å²) in [7, 11) is 1.56. The molecule has 2 N–H and O–H groups in total. The molecule has 2 amide bonds. The molecule has 0 unspecified atom stereocenters. The second-order valence-corrected chi connectivity index (χ2v) is 8.69. The van der Waals surface area contributed by atoms with Crippen LogP contribution >= 0.6 is 0 Å². The second-order valence-electron chi connectivity index (χ2n) is 8.69. The highest BCUT2D eigenvalue weighted by molar-refractivity contribution is 5.99. The lowest BCUT2D eigenvalue weighted by atomic mass is 10.1. The first-order valence-corrected chi connectivity index (χ1v) is 11.0. The van der Waals surface area contributed by atoms with Gasteiger partial charge in [-0.1, -0.05) is 6.07 Å². The summed E-state index contributed by atoms with van der Waals surface area (Å²) in [6, 6.07) is 2.58. The molecule has 2 aliphatic rings. The Morgan fingerprint density at radius 2 is 2.00 bits per heavy atom. The Bertz CT molecular complexity index is 1200.